The lowest BCUT2D eigenvalue weighted by Crippen LogP contribution is -2.05. The van der Waals surface area contributed by atoms with Gasteiger partial charge in [0.1, 0.15) is 0 Å². The zero-order chi connectivity index (χ0) is 12.4. The summed E-state index contributed by atoms with van der Waals surface area (Å²) in [7, 11) is 0. The van der Waals surface area contributed by atoms with Gasteiger partial charge >= 0.3 is 5.97 Å². The molecule has 0 amide bonds. The third kappa shape index (κ3) is 2.29. The maximum atomic E-state index is 11.9. The Morgan fingerprint density at radius 3 is 2.71 bits per heavy atom. The van der Waals surface area contributed by atoms with Gasteiger partial charge in [-0.3, -0.25) is 9.59 Å². The minimum absolute atomic E-state index is 0.219. The van der Waals surface area contributed by atoms with Crippen molar-refractivity contribution in [1.29, 1.82) is 0 Å². The molecule has 0 radical (unpaired) electrons. The Morgan fingerprint density at radius 1 is 1.35 bits per heavy atom. The van der Waals surface area contributed by atoms with Crippen molar-refractivity contribution >= 4 is 23.1 Å². The number of carboxylic acids is 1. The van der Waals surface area contributed by atoms with Crippen LogP contribution < -0.4 is 0 Å². The van der Waals surface area contributed by atoms with E-state index in [9.17, 15) is 9.59 Å². The van der Waals surface area contributed by atoms with Crippen LogP contribution in [0.3, 0.4) is 0 Å². The van der Waals surface area contributed by atoms with Gasteiger partial charge in [-0.1, -0.05) is 0 Å². The van der Waals surface area contributed by atoms with Crippen molar-refractivity contribution in [2.45, 2.75) is 12.8 Å². The molecule has 2 rings (SSSR count). The van der Waals surface area contributed by atoms with E-state index in [2.05, 4.69) is 0 Å². The number of hydrogen-bond donors (Lipinski definition) is 1. The third-order valence-electron chi connectivity index (χ3n) is 2.39. The standard InChI is InChI=1S/C12H10O4S/c1-7(12(14)15)9-4-5-10(17-9)11(13)8-3-2-6-16-8/h2-7H,1H3,(H,14,15). The van der Waals surface area contributed by atoms with Gasteiger partial charge in [-0.15, -0.1) is 11.3 Å². The topological polar surface area (TPSA) is 67.5 Å². The molecular weight excluding hydrogens is 240 g/mol. The lowest BCUT2D eigenvalue weighted by molar-refractivity contribution is -0.138. The summed E-state index contributed by atoms with van der Waals surface area (Å²) in [5.41, 5.74) is 0. The number of carbonyl (C=O) groups excluding carboxylic acids is 1. The van der Waals surface area contributed by atoms with Crippen molar-refractivity contribution in [3.8, 4) is 0 Å². The van der Waals surface area contributed by atoms with Crippen molar-refractivity contribution < 1.29 is 19.1 Å². The number of furan rings is 1. The van der Waals surface area contributed by atoms with Gasteiger partial charge < -0.3 is 9.52 Å². The number of carboxylic acid groups (broad SMARTS) is 1. The average Bonchev–Trinajstić information content (AvgIpc) is 2.98. The first-order valence-electron chi connectivity index (χ1n) is 5.00. The smallest absolute Gasteiger partial charge is 0.311 e. The predicted octanol–water partition coefficient (Wildman–Crippen LogP) is 2.76. The Labute approximate surface area is 102 Å². The molecule has 88 valence electrons. The summed E-state index contributed by atoms with van der Waals surface area (Å²) < 4.78 is 5.01. The summed E-state index contributed by atoms with van der Waals surface area (Å²) in [5, 5.41) is 8.87. The van der Waals surface area contributed by atoms with Crippen LogP contribution in [0.4, 0.5) is 0 Å². The molecule has 0 fully saturated rings. The fraction of sp³-hybridized carbons (Fsp3) is 0.167. The van der Waals surface area contributed by atoms with E-state index in [1.54, 1.807) is 31.2 Å². The lowest BCUT2D eigenvalue weighted by atomic mass is 10.1. The van der Waals surface area contributed by atoms with Crippen molar-refractivity contribution in [1.82, 2.24) is 0 Å². The summed E-state index contributed by atoms with van der Waals surface area (Å²) >= 11 is 1.19. The SMILES string of the molecule is CC(C(=O)O)c1ccc(C(=O)c2ccco2)s1. The number of carbonyl (C=O) groups is 2. The van der Waals surface area contributed by atoms with Crippen LogP contribution in [0.15, 0.2) is 34.9 Å². The minimum Gasteiger partial charge on any atom is -0.481 e. The molecule has 2 aromatic heterocycles. The molecule has 0 aliphatic carbocycles. The summed E-state index contributed by atoms with van der Waals surface area (Å²) in [4.78, 5) is 23.8. The molecule has 2 heterocycles. The average molecular weight is 250 g/mol. The van der Waals surface area contributed by atoms with Crippen molar-refractivity contribution in [2.75, 3.05) is 0 Å². The van der Waals surface area contributed by atoms with Gasteiger partial charge in [-0.25, -0.2) is 0 Å². The number of ketones is 1. The highest BCUT2D eigenvalue weighted by Gasteiger charge is 2.19. The predicted molar refractivity (Wildman–Crippen MR) is 62.5 cm³/mol. The second-order valence-corrected chi connectivity index (χ2v) is 4.68. The van der Waals surface area contributed by atoms with Crippen LogP contribution in [0.2, 0.25) is 0 Å². The van der Waals surface area contributed by atoms with Crippen LogP contribution in [0.1, 0.15) is 33.2 Å². The Balaban J connectivity index is 2.25. The first kappa shape index (κ1) is 11.6. The van der Waals surface area contributed by atoms with Crippen LogP contribution in [0.25, 0.3) is 0 Å². The van der Waals surface area contributed by atoms with Gasteiger partial charge in [0.15, 0.2) is 5.76 Å². The van der Waals surface area contributed by atoms with E-state index in [1.807, 2.05) is 0 Å². The summed E-state index contributed by atoms with van der Waals surface area (Å²) in [5.74, 6) is -1.45. The number of rotatable bonds is 4. The van der Waals surface area contributed by atoms with Crippen LogP contribution in [0, 0.1) is 0 Å². The van der Waals surface area contributed by atoms with E-state index in [-0.39, 0.29) is 11.5 Å². The van der Waals surface area contributed by atoms with E-state index in [4.69, 9.17) is 9.52 Å². The van der Waals surface area contributed by atoms with Crippen LogP contribution >= 0.6 is 11.3 Å². The Hall–Kier alpha value is -1.88. The second kappa shape index (κ2) is 4.55. The molecule has 17 heavy (non-hydrogen) atoms. The Bertz CT molecular complexity index is 539. The number of thiophene rings is 1. The molecule has 2 aromatic rings. The quantitative estimate of drug-likeness (QED) is 0.847. The lowest BCUT2D eigenvalue weighted by Gasteiger charge is -2.00. The number of aliphatic carboxylic acids is 1. The van der Waals surface area contributed by atoms with Gasteiger partial charge in [0.05, 0.1) is 17.1 Å². The summed E-state index contributed by atoms with van der Waals surface area (Å²) in [6, 6.07) is 6.52. The molecule has 1 atom stereocenters. The second-order valence-electron chi connectivity index (χ2n) is 3.57. The van der Waals surface area contributed by atoms with E-state index >= 15 is 0 Å². The first-order chi connectivity index (χ1) is 8.09. The first-order valence-corrected chi connectivity index (χ1v) is 5.82. The van der Waals surface area contributed by atoms with E-state index in [0.29, 0.717) is 9.75 Å². The van der Waals surface area contributed by atoms with E-state index in [1.165, 1.54) is 17.6 Å². The molecule has 0 aromatic carbocycles. The molecular formula is C12H10O4S. The number of hydrogen-bond acceptors (Lipinski definition) is 4. The molecule has 4 nitrogen and oxygen atoms in total. The Kier molecular flexibility index (Phi) is 3.10. The molecule has 5 heteroatoms. The zero-order valence-corrected chi connectivity index (χ0v) is 9.86. The van der Waals surface area contributed by atoms with Gasteiger partial charge in [-0.05, 0) is 31.2 Å². The molecule has 0 bridgehead atoms. The highest BCUT2D eigenvalue weighted by molar-refractivity contribution is 7.14. The zero-order valence-electron chi connectivity index (χ0n) is 9.04. The molecule has 0 saturated carbocycles. The van der Waals surface area contributed by atoms with Crippen LogP contribution in [0.5, 0.6) is 0 Å². The van der Waals surface area contributed by atoms with Gasteiger partial charge in [0, 0.05) is 4.88 Å². The minimum atomic E-state index is -0.899. The van der Waals surface area contributed by atoms with Gasteiger partial charge in [-0.2, -0.15) is 0 Å². The molecule has 0 aliphatic heterocycles. The van der Waals surface area contributed by atoms with Gasteiger partial charge in [0.2, 0.25) is 5.78 Å². The van der Waals surface area contributed by atoms with E-state index in [0.717, 1.165) is 0 Å². The molecule has 0 aliphatic rings. The van der Waals surface area contributed by atoms with Crippen LogP contribution in [-0.2, 0) is 4.79 Å². The largest absolute Gasteiger partial charge is 0.481 e. The van der Waals surface area contributed by atoms with Gasteiger partial charge in [0.25, 0.3) is 0 Å². The van der Waals surface area contributed by atoms with Crippen molar-refractivity contribution in [3.63, 3.8) is 0 Å². The fourth-order valence-electron chi connectivity index (χ4n) is 1.36. The highest BCUT2D eigenvalue weighted by Crippen LogP contribution is 2.26. The fourth-order valence-corrected chi connectivity index (χ4v) is 2.36. The van der Waals surface area contributed by atoms with Crippen LogP contribution in [-0.4, -0.2) is 16.9 Å². The molecule has 0 saturated heterocycles. The summed E-state index contributed by atoms with van der Waals surface area (Å²) in [6.45, 7) is 1.59. The third-order valence-corrected chi connectivity index (χ3v) is 3.66. The summed E-state index contributed by atoms with van der Waals surface area (Å²) in [6.07, 6.45) is 1.43. The molecule has 1 unspecified atom stereocenters. The van der Waals surface area contributed by atoms with Crippen molar-refractivity contribution in [2.24, 2.45) is 0 Å². The maximum absolute atomic E-state index is 11.9. The highest BCUT2D eigenvalue weighted by atomic mass is 32.1. The normalized spacial score (nSPS) is 12.3. The van der Waals surface area contributed by atoms with E-state index < -0.39 is 11.9 Å². The maximum Gasteiger partial charge on any atom is 0.311 e. The molecule has 1 N–H and O–H groups in total. The molecule has 0 spiro atoms. The monoisotopic (exact) mass is 250 g/mol. The Morgan fingerprint density at radius 2 is 2.12 bits per heavy atom. The van der Waals surface area contributed by atoms with Crippen molar-refractivity contribution in [3.05, 3.63) is 46.0 Å².